The summed E-state index contributed by atoms with van der Waals surface area (Å²) < 4.78 is 12.3. The largest absolute Gasteiger partial charge is 0.497 e. The lowest BCUT2D eigenvalue weighted by atomic mass is 10.0. The van der Waals surface area contributed by atoms with Gasteiger partial charge in [0.2, 0.25) is 0 Å². The van der Waals surface area contributed by atoms with Crippen molar-refractivity contribution in [2.24, 2.45) is 0 Å². The standard InChI is InChI=1S/C23H23N3O4/c1-29-20-9-10-21-19(14-20)4-2-13-26(21)22(27)16-30-23(28)18-7-5-17(6-8-18)15-25-12-3-11-24-25/h3,5-12,14H,2,4,13,15-16H2,1H3. The van der Waals surface area contributed by atoms with Crippen LogP contribution in [0.3, 0.4) is 0 Å². The van der Waals surface area contributed by atoms with Crippen molar-refractivity contribution in [2.45, 2.75) is 19.4 Å². The summed E-state index contributed by atoms with van der Waals surface area (Å²) in [5.41, 5.74) is 3.35. The number of amides is 1. The Morgan fingerprint density at radius 3 is 2.70 bits per heavy atom. The molecule has 2 aromatic carbocycles. The first-order valence-corrected chi connectivity index (χ1v) is 9.85. The molecule has 0 bridgehead atoms. The molecule has 0 aliphatic carbocycles. The van der Waals surface area contributed by atoms with E-state index in [0.29, 0.717) is 18.7 Å². The number of hydrogen-bond donors (Lipinski definition) is 0. The maximum Gasteiger partial charge on any atom is 0.338 e. The Morgan fingerprint density at radius 2 is 1.97 bits per heavy atom. The van der Waals surface area contributed by atoms with Gasteiger partial charge in [0.1, 0.15) is 5.75 Å². The van der Waals surface area contributed by atoms with Gasteiger partial charge >= 0.3 is 5.97 Å². The lowest BCUT2D eigenvalue weighted by Crippen LogP contribution is -2.38. The number of esters is 1. The van der Waals surface area contributed by atoms with Crippen LogP contribution in [0.5, 0.6) is 5.75 Å². The fraction of sp³-hybridized carbons (Fsp3) is 0.261. The van der Waals surface area contributed by atoms with Crippen LogP contribution in [0.2, 0.25) is 0 Å². The third-order valence-electron chi connectivity index (χ3n) is 5.13. The molecule has 0 N–H and O–H groups in total. The van der Waals surface area contributed by atoms with Gasteiger partial charge < -0.3 is 14.4 Å². The van der Waals surface area contributed by atoms with Gasteiger partial charge in [0.05, 0.1) is 19.2 Å². The summed E-state index contributed by atoms with van der Waals surface area (Å²) in [6.07, 6.45) is 5.35. The molecule has 7 heteroatoms. The van der Waals surface area contributed by atoms with Crippen LogP contribution >= 0.6 is 0 Å². The van der Waals surface area contributed by atoms with Crippen molar-refractivity contribution in [3.05, 3.63) is 77.6 Å². The van der Waals surface area contributed by atoms with Crippen LogP contribution in [0.1, 0.15) is 27.9 Å². The van der Waals surface area contributed by atoms with Crippen molar-refractivity contribution in [1.82, 2.24) is 9.78 Å². The number of ether oxygens (including phenoxy) is 2. The van der Waals surface area contributed by atoms with E-state index in [9.17, 15) is 9.59 Å². The molecule has 0 spiro atoms. The normalized spacial score (nSPS) is 12.9. The van der Waals surface area contributed by atoms with Gasteiger partial charge in [0.25, 0.3) is 5.91 Å². The highest BCUT2D eigenvalue weighted by Crippen LogP contribution is 2.30. The Hall–Kier alpha value is -3.61. The second-order valence-electron chi connectivity index (χ2n) is 7.12. The lowest BCUT2D eigenvalue weighted by Gasteiger charge is -2.29. The molecule has 4 rings (SSSR count). The van der Waals surface area contributed by atoms with E-state index in [1.54, 1.807) is 35.0 Å². The average Bonchev–Trinajstić information content (AvgIpc) is 3.30. The quantitative estimate of drug-likeness (QED) is 0.590. The second-order valence-corrected chi connectivity index (χ2v) is 7.12. The van der Waals surface area contributed by atoms with E-state index in [0.717, 1.165) is 35.4 Å². The van der Waals surface area contributed by atoms with Crippen LogP contribution in [-0.4, -0.2) is 41.9 Å². The number of rotatable bonds is 6. The number of fused-ring (bicyclic) bond motifs is 1. The molecule has 1 aliphatic heterocycles. The summed E-state index contributed by atoms with van der Waals surface area (Å²) >= 11 is 0. The first-order chi connectivity index (χ1) is 14.6. The zero-order chi connectivity index (χ0) is 20.9. The van der Waals surface area contributed by atoms with Crippen LogP contribution in [0.4, 0.5) is 5.69 Å². The molecule has 1 aromatic heterocycles. The zero-order valence-corrected chi connectivity index (χ0v) is 16.8. The summed E-state index contributed by atoms with van der Waals surface area (Å²) in [7, 11) is 1.62. The minimum Gasteiger partial charge on any atom is -0.497 e. The topological polar surface area (TPSA) is 73.7 Å². The Labute approximate surface area is 174 Å². The van der Waals surface area contributed by atoms with Gasteiger partial charge in [-0.3, -0.25) is 9.48 Å². The number of methoxy groups -OCH3 is 1. The fourth-order valence-electron chi connectivity index (χ4n) is 3.58. The third kappa shape index (κ3) is 4.35. The number of nitrogens with zero attached hydrogens (tertiary/aromatic N) is 3. The minimum absolute atomic E-state index is 0.232. The molecule has 1 amide bonds. The fourth-order valence-corrected chi connectivity index (χ4v) is 3.58. The monoisotopic (exact) mass is 405 g/mol. The van der Waals surface area contributed by atoms with E-state index in [2.05, 4.69) is 5.10 Å². The molecule has 7 nitrogen and oxygen atoms in total. The van der Waals surface area contributed by atoms with Gasteiger partial charge in [-0.1, -0.05) is 12.1 Å². The Kier molecular flexibility index (Phi) is 5.79. The predicted molar refractivity (Wildman–Crippen MR) is 112 cm³/mol. The van der Waals surface area contributed by atoms with E-state index in [-0.39, 0.29) is 12.5 Å². The Bertz CT molecular complexity index is 1030. The molecule has 1 aliphatic rings. The van der Waals surface area contributed by atoms with Gasteiger partial charge in [0, 0.05) is 24.6 Å². The molecule has 0 atom stereocenters. The highest BCUT2D eigenvalue weighted by molar-refractivity contribution is 5.98. The first kappa shape index (κ1) is 19.7. The van der Waals surface area contributed by atoms with Crippen LogP contribution in [0.25, 0.3) is 0 Å². The van der Waals surface area contributed by atoms with E-state index in [4.69, 9.17) is 9.47 Å². The Balaban J connectivity index is 1.35. The third-order valence-corrected chi connectivity index (χ3v) is 5.13. The van der Waals surface area contributed by atoms with Crippen molar-refractivity contribution in [3.8, 4) is 5.75 Å². The minimum atomic E-state index is -0.513. The maximum absolute atomic E-state index is 12.7. The molecule has 2 heterocycles. The van der Waals surface area contributed by atoms with Crippen molar-refractivity contribution in [3.63, 3.8) is 0 Å². The highest BCUT2D eigenvalue weighted by Gasteiger charge is 2.24. The molecule has 0 unspecified atom stereocenters. The van der Waals surface area contributed by atoms with Gasteiger partial charge in [-0.05, 0) is 60.4 Å². The molecule has 0 saturated carbocycles. The van der Waals surface area contributed by atoms with Crippen molar-refractivity contribution < 1.29 is 19.1 Å². The average molecular weight is 405 g/mol. The number of carbonyl (C=O) groups is 2. The molecule has 0 radical (unpaired) electrons. The zero-order valence-electron chi connectivity index (χ0n) is 16.8. The lowest BCUT2D eigenvalue weighted by molar-refractivity contribution is -0.121. The van der Waals surface area contributed by atoms with Gasteiger partial charge in [-0.15, -0.1) is 0 Å². The molecule has 3 aromatic rings. The van der Waals surface area contributed by atoms with Gasteiger partial charge in [-0.2, -0.15) is 5.10 Å². The predicted octanol–water partition coefficient (Wildman–Crippen LogP) is 3.08. The maximum atomic E-state index is 12.7. The van der Waals surface area contributed by atoms with E-state index in [1.807, 2.05) is 42.6 Å². The summed E-state index contributed by atoms with van der Waals surface area (Å²) in [5, 5.41) is 4.16. The SMILES string of the molecule is COc1ccc2c(c1)CCCN2C(=O)COC(=O)c1ccc(Cn2cccn2)cc1. The first-order valence-electron chi connectivity index (χ1n) is 9.85. The summed E-state index contributed by atoms with van der Waals surface area (Å²) in [6, 6.07) is 14.6. The van der Waals surface area contributed by atoms with Crippen LogP contribution < -0.4 is 9.64 Å². The molecule has 0 saturated heterocycles. The van der Waals surface area contributed by atoms with Crippen molar-refractivity contribution in [1.29, 1.82) is 0 Å². The van der Waals surface area contributed by atoms with E-state index >= 15 is 0 Å². The molecular weight excluding hydrogens is 382 g/mol. The molecular formula is C23H23N3O4. The number of aryl methyl sites for hydroxylation is 1. The van der Waals surface area contributed by atoms with Crippen LogP contribution in [-0.2, 0) is 22.5 Å². The number of anilines is 1. The highest BCUT2D eigenvalue weighted by atomic mass is 16.5. The summed E-state index contributed by atoms with van der Waals surface area (Å²) in [4.78, 5) is 26.7. The summed E-state index contributed by atoms with van der Waals surface area (Å²) in [6.45, 7) is 0.942. The Morgan fingerprint density at radius 1 is 1.13 bits per heavy atom. The molecule has 154 valence electrons. The van der Waals surface area contributed by atoms with Crippen LogP contribution in [0.15, 0.2) is 60.9 Å². The van der Waals surface area contributed by atoms with Crippen molar-refractivity contribution in [2.75, 3.05) is 25.2 Å². The van der Waals surface area contributed by atoms with E-state index < -0.39 is 5.97 Å². The van der Waals surface area contributed by atoms with Crippen LogP contribution in [0, 0.1) is 0 Å². The smallest absolute Gasteiger partial charge is 0.338 e. The summed E-state index contributed by atoms with van der Waals surface area (Å²) in [5.74, 6) is 0.0243. The number of aromatic nitrogens is 2. The molecule has 30 heavy (non-hydrogen) atoms. The van der Waals surface area contributed by atoms with Gasteiger partial charge in [-0.25, -0.2) is 4.79 Å². The second kappa shape index (κ2) is 8.82. The van der Waals surface area contributed by atoms with E-state index in [1.165, 1.54) is 0 Å². The van der Waals surface area contributed by atoms with Crippen molar-refractivity contribution >= 4 is 17.6 Å². The number of benzene rings is 2. The van der Waals surface area contributed by atoms with Gasteiger partial charge in [0.15, 0.2) is 6.61 Å². The molecule has 0 fully saturated rings. The number of carbonyl (C=O) groups excluding carboxylic acids is 2. The number of hydrogen-bond acceptors (Lipinski definition) is 5.